The molecule has 0 amide bonds. The Morgan fingerprint density at radius 3 is 2.25 bits per heavy atom. The van der Waals surface area contributed by atoms with Crippen LogP contribution in [0.3, 0.4) is 0 Å². The van der Waals surface area contributed by atoms with Gasteiger partial charge < -0.3 is 9.84 Å². The number of hydrogen-bond donors (Lipinski definition) is 1. The van der Waals surface area contributed by atoms with Gasteiger partial charge in [-0.3, -0.25) is 4.79 Å². The lowest BCUT2D eigenvalue weighted by molar-refractivity contribution is -0.136. The van der Waals surface area contributed by atoms with E-state index in [1.807, 2.05) is 27.7 Å². The topological polar surface area (TPSA) is 46.5 Å². The molecule has 0 aliphatic carbocycles. The van der Waals surface area contributed by atoms with E-state index in [2.05, 4.69) is 0 Å². The summed E-state index contributed by atoms with van der Waals surface area (Å²) in [6.07, 6.45) is 0.0661. The van der Waals surface area contributed by atoms with Crippen molar-refractivity contribution in [1.82, 2.24) is 0 Å². The number of carboxylic acids is 1. The molecule has 3 heteroatoms. The van der Waals surface area contributed by atoms with Gasteiger partial charge in [0, 0.05) is 0 Å². The second-order valence-corrected chi connectivity index (χ2v) is 3.25. The van der Waals surface area contributed by atoms with Gasteiger partial charge in [-0.05, 0) is 36.6 Å². The van der Waals surface area contributed by atoms with Crippen molar-refractivity contribution >= 4 is 5.97 Å². The fourth-order valence-electron chi connectivity index (χ4n) is 1.43. The SMILES string of the molecule is CC.COc1ccc(CC(=O)O)c(C)c1C. The summed E-state index contributed by atoms with van der Waals surface area (Å²) < 4.78 is 5.14. The number of hydrogen-bond acceptors (Lipinski definition) is 2. The van der Waals surface area contributed by atoms with Crippen molar-refractivity contribution in [1.29, 1.82) is 0 Å². The zero-order chi connectivity index (χ0) is 12.7. The highest BCUT2D eigenvalue weighted by atomic mass is 16.5. The van der Waals surface area contributed by atoms with E-state index in [1.54, 1.807) is 19.2 Å². The second kappa shape index (κ2) is 6.88. The summed E-state index contributed by atoms with van der Waals surface area (Å²) in [6, 6.07) is 3.61. The monoisotopic (exact) mass is 224 g/mol. The summed E-state index contributed by atoms with van der Waals surface area (Å²) >= 11 is 0. The first kappa shape index (κ1) is 14.5. The van der Waals surface area contributed by atoms with Crippen LogP contribution in [0.25, 0.3) is 0 Å². The van der Waals surface area contributed by atoms with Gasteiger partial charge in [-0.25, -0.2) is 0 Å². The maximum atomic E-state index is 10.6. The molecular weight excluding hydrogens is 204 g/mol. The third kappa shape index (κ3) is 3.57. The average molecular weight is 224 g/mol. The molecular formula is C13H20O3. The molecule has 1 aromatic carbocycles. The zero-order valence-corrected chi connectivity index (χ0v) is 10.6. The van der Waals surface area contributed by atoms with Gasteiger partial charge in [0.2, 0.25) is 0 Å². The van der Waals surface area contributed by atoms with Gasteiger partial charge in [-0.2, -0.15) is 0 Å². The fraction of sp³-hybridized carbons (Fsp3) is 0.462. The Labute approximate surface area is 97.1 Å². The summed E-state index contributed by atoms with van der Waals surface area (Å²) in [5.41, 5.74) is 2.84. The normalized spacial score (nSPS) is 9.06. The molecule has 0 heterocycles. The van der Waals surface area contributed by atoms with Crippen LogP contribution in [0.15, 0.2) is 12.1 Å². The number of ether oxygens (including phenoxy) is 1. The first-order chi connectivity index (χ1) is 7.56. The third-order valence-electron chi connectivity index (χ3n) is 2.41. The first-order valence-electron chi connectivity index (χ1n) is 5.41. The van der Waals surface area contributed by atoms with Crippen LogP contribution in [0, 0.1) is 13.8 Å². The number of carbonyl (C=O) groups is 1. The molecule has 0 saturated heterocycles. The molecule has 1 N–H and O–H groups in total. The highest BCUT2D eigenvalue weighted by molar-refractivity contribution is 5.71. The van der Waals surface area contributed by atoms with Crippen LogP contribution in [0.2, 0.25) is 0 Å². The molecule has 1 aromatic rings. The number of methoxy groups -OCH3 is 1. The largest absolute Gasteiger partial charge is 0.496 e. The van der Waals surface area contributed by atoms with E-state index >= 15 is 0 Å². The minimum atomic E-state index is -0.808. The molecule has 0 atom stereocenters. The van der Waals surface area contributed by atoms with Gasteiger partial charge >= 0.3 is 5.97 Å². The van der Waals surface area contributed by atoms with Crippen molar-refractivity contribution < 1.29 is 14.6 Å². The molecule has 3 nitrogen and oxygen atoms in total. The molecule has 0 fully saturated rings. The highest BCUT2D eigenvalue weighted by Crippen LogP contribution is 2.24. The van der Waals surface area contributed by atoms with Gasteiger partial charge in [0.05, 0.1) is 13.5 Å². The van der Waals surface area contributed by atoms with Gasteiger partial charge in [-0.15, -0.1) is 0 Å². The second-order valence-electron chi connectivity index (χ2n) is 3.25. The van der Waals surface area contributed by atoms with Gasteiger partial charge in [-0.1, -0.05) is 19.9 Å². The Morgan fingerprint density at radius 2 is 1.81 bits per heavy atom. The lowest BCUT2D eigenvalue weighted by Crippen LogP contribution is -2.03. The van der Waals surface area contributed by atoms with E-state index < -0.39 is 5.97 Å². The van der Waals surface area contributed by atoms with E-state index in [1.165, 1.54) is 0 Å². The molecule has 0 bridgehead atoms. The molecule has 0 saturated carbocycles. The van der Waals surface area contributed by atoms with Crippen molar-refractivity contribution in [2.75, 3.05) is 7.11 Å². The quantitative estimate of drug-likeness (QED) is 0.858. The lowest BCUT2D eigenvalue weighted by atomic mass is 10.0. The molecule has 0 aliphatic rings. The van der Waals surface area contributed by atoms with Crippen molar-refractivity contribution in [2.45, 2.75) is 34.1 Å². The Bertz CT molecular complexity index is 356. The highest BCUT2D eigenvalue weighted by Gasteiger charge is 2.08. The van der Waals surface area contributed by atoms with Crippen LogP contribution in [0.5, 0.6) is 5.75 Å². The predicted octanol–water partition coefficient (Wildman–Crippen LogP) is 2.97. The van der Waals surface area contributed by atoms with E-state index in [-0.39, 0.29) is 6.42 Å². The maximum Gasteiger partial charge on any atom is 0.307 e. The Balaban J connectivity index is 0.00000106. The summed E-state index contributed by atoms with van der Waals surface area (Å²) in [6.45, 7) is 7.84. The molecule has 0 aliphatic heterocycles. The standard InChI is InChI=1S/C11H14O3.C2H6/c1-7-8(2)10(14-3)5-4-9(7)6-11(12)13;1-2/h4-5H,6H2,1-3H3,(H,12,13);1-2H3. The third-order valence-corrected chi connectivity index (χ3v) is 2.41. The zero-order valence-electron chi connectivity index (χ0n) is 10.6. The Morgan fingerprint density at radius 1 is 1.25 bits per heavy atom. The van der Waals surface area contributed by atoms with E-state index in [4.69, 9.17) is 9.84 Å². The van der Waals surface area contributed by atoms with Crippen LogP contribution in [-0.2, 0) is 11.2 Å². The molecule has 1 rings (SSSR count). The number of aliphatic carboxylic acids is 1. The summed E-state index contributed by atoms with van der Waals surface area (Å²) in [4.78, 5) is 10.6. The molecule has 0 radical (unpaired) electrons. The minimum absolute atomic E-state index is 0.0661. The van der Waals surface area contributed by atoms with Crippen LogP contribution in [0.1, 0.15) is 30.5 Å². The van der Waals surface area contributed by atoms with Crippen molar-refractivity contribution in [3.63, 3.8) is 0 Å². The Hall–Kier alpha value is -1.51. The molecule has 0 spiro atoms. The van der Waals surface area contributed by atoms with Crippen LogP contribution >= 0.6 is 0 Å². The summed E-state index contributed by atoms with van der Waals surface area (Å²) in [5, 5.41) is 8.68. The number of benzene rings is 1. The fourth-order valence-corrected chi connectivity index (χ4v) is 1.43. The van der Waals surface area contributed by atoms with Crippen molar-refractivity contribution in [3.05, 3.63) is 28.8 Å². The van der Waals surface area contributed by atoms with Gasteiger partial charge in [0.25, 0.3) is 0 Å². The lowest BCUT2D eigenvalue weighted by Gasteiger charge is -2.10. The Kier molecular flexibility index (Phi) is 6.23. The summed E-state index contributed by atoms with van der Waals surface area (Å²) in [5.74, 6) is -0.00527. The molecule has 0 unspecified atom stereocenters. The van der Waals surface area contributed by atoms with Crippen molar-refractivity contribution in [3.8, 4) is 5.75 Å². The number of carboxylic acid groups (broad SMARTS) is 1. The van der Waals surface area contributed by atoms with Gasteiger partial charge in [0.1, 0.15) is 5.75 Å². The number of rotatable bonds is 3. The maximum absolute atomic E-state index is 10.6. The minimum Gasteiger partial charge on any atom is -0.496 e. The van der Waals surface area contributed by atoms with E-state index in [0.717, 1.165) is 22.4 Å². The van der Waals surface area contributed by atoms with Crippen molar-refractivity contribution in [2.24, 2.45) is 0 Å². The van der Waals surface area contributed by atoms with Crippen LogP contribution in [0.4, 0.5) is 0 Å². The van der Waals surface area contributed by atoms with E-state index in [0.29, 0.717) is 0 Å². The summed E-state index contributed by atoms with van der Waals surface area (Å²) in [7, 11) is 1.61. The van der Waals surface area contributed by atoms with Crippen LogP contribution in [-0.4, -0.2) is 18.2 Å². The molecule has 0 aromatic heterocycles. The first-order valence-corrected chi connectivity index (χ1v) is 5.41. The average Bonchev–Trinajstić information content (AvgIpc) is 2.27. The smallest absolute Gasteiger partial charge is 0.307 e. The van der Waals surface area contributed by atoms with E-state index in [9.17, 15) is 4.79 Å². The molecule has 16 heavy (non-hydrogen) atoms. The predicted molar refractivity (Wildman–Crippen MR) is 65.2 cm³/mol. The van der Waals surface area contributed by atoms with Crippen LogP contribution < -0.4 is 4.74 Å². The molecule has 90 valence electrons. The van der Waals surface area contributed by atoms with Gasteiger partial charge in [0.15, 0.2) is 0 Å².